The summed E-state index contributed by atoms with van der Waals surface area (Å²) < 4.78 is 2.18. The third kappa shape index (κ3) is 0.854. The van der Waals surface area contributed by atoms with E-state index < -0.39 is 0 Å². The van der Waals surface area contributed by atoms with Crippen LogP contribution < -0.4 is 5.32 Å². The molecule has 0 aromatic carbocycles. The molecule has 2 aliphatic rings. The molecule has 2 heterocycles. The first-order valence-corrected chi connectivity index (χ1v) is 4.75. The van der Waals surface area contributed by atoms with Crippen molar-refractivity contribution in [1.29, 1.82) is 0 Å². The van der Waals surface area contributed by atoms with Gasteiger partial charge in [0.05, 0.1) is 12.2 Å². The van der Waals surface area contributed by atoms with Crippen LogP contribution in [0.25, 0.3) is 0 Å². The lowest BCUT2D eigenvalue weighted by Crippen LogP contribution is -2.14. The van der Waals surface area contributed by atoms with Crippen LogP contribution in [0, 0.1) is 0 Å². The van der Waals surface area contributed by atoms with E-state index in [1.807, 2.05) is 6.20 Å². The molecule has 1 aromatic heterocycles. The van der Waals surface area contributed by atoms with Gasteiger partial charge in [-0.1, -0.05) is 0 Å². The molecule has 12 heavy (non-hydrogen) atoms. The second-order valence-electron chi connectivity index (χ2n) is 3.72. The number of fused-ring (bicyclic) bond motifs is 1. The van der Waals surface area contributed by atoms with E-state index in [1.165, 1.54) is 37.1 Å². The van der Waals surface area contributed by atoms with E-state index in [-0.39, 0.29) is 0 Å². The Bertz CT molecular complexity index is 299. The Morgan fingerprint density at radius 2 is 2.42 bits per heavy atom. The van der Waals surface area contributed by atoms with E-state index in [1.54, 1.807) is 0 Å². The number of nitrogens with zero attached hydrogens (tertiary/aromatic N) is 2. The predicted molar refractivity (Wildman–Crippen MR) is 47.3 cm³/mol. The zero-order valence-corrected chi connectivity index (χ0v) is 7.08. The average Bonchev–Trinajstić information content (AvgIpc) is 2.86. The van der Waals surface area contributed by atoms with Crippen molar-refractivity contribution in [2.45, 2.75) is 31.7 Å². The molecule has 3 rings (SSSR count). The van der Waals surface area contributed by atoms with Gasteiger partial charge < -0.3 is 5.32 Å². The van der Waals surface area contributed by atoms with Crippen LogP contribution >= 0.6 is 0 Å². The molecule has 1 saturated carbocycles. The number of nitrogens with one attached hydrogen (secondary N) is 1. The second-order valence-corrected chi connectivity index (χ2v) is 3.72. The third-order valence-corrected chi connectivity index (χ3v) is 2.68. The molecule has 0 spiro atoms. The number of rotatable bonds is 1. The summed E-state index contributed by atoms with van der Waals surface area (Å²) in [6.45, 7) is 1.12. The van der Waals surface area contributed by atoms with Gasteiger partial charge in [-0.25, -0.2) is 4.68 Å². The smallest absolute Gasteiger partial charge is 0.127 e. The Kier molecular flexibility index (Phi) is 1.22. The summed E-state index contributed by atoms with van der Waals surface area (Å²) in [5, 5.41) is 7.85. The van der Waals surface area contributed by atoms with Crippen LogP contribution in [0.4, 0.5) is 5.82 Å². The van der Waals surface area contributed by atoms with Gasteiger partial charge in [-0.05, 0) is 25.7 Å². The van der Waals surface area contributed by atoms with Crippen molar-refractivity contribution in [3.05, 3.63) is 11.8 Å². The highest BCUT2D eigenvalue weighted by molar-refractivity contribution is 5.46. The predicted octanol–water partition coefficient (Wildman–Crippen LogP) is 1.58. The van der Waals surface area contributed by atoms with Crippen molar-refractivity contribution >= 4 is 5.82 Å². The van der Waals surface area contributed by atoms with Gasteiger partial charge in [0, 0.05) is 12.1 Å². The summed E-state index contributed by atoms with van der Waals surface area (Å²) >= 11 is 0. The van der Waals surface area contributed by atoms with Gasteiger partial charge in [0.2, 0.25) is 0 Å². The van der Waals surface area contributed by atoms with Crippen molar-refractivity contribution in [1.82, 2.24) is 9.78 Å². The van der Waals surface area contributed by atoms with Crippen molar-refractivity contribution in [3.63, 3.8) is 0 Å². The highest BCUT2D eigenvalue weighted by Gasteiger charge is 2.28. The lowest BCUT2D eigenvalue weighted by molar-refractivity contribution is 0.641. The van der Waals surface area contributed by atoms with Crippen LogP contribution in [-0.2, 0) is 6.42 Å². The van der Waals surface area contributed by atoms with Gasteiger partial charge in [-0.2, -0.15) is 5.10 Å². The van der Waals surface area contributed by atoms with Crippen LogP contribution in [0.5, 0.6) is 0 Å². The molecule has 0 radical (unpaired) electrons. The maximum absolute atomic E-state index is 4.41. The number of aromatic nitrogens is 2. The number of hydrogen-bond acceptors (Lipinski definition) is 2. The fraction of sp³-hybridized carbons (Fsp3) is 0.667. The maximum Gasteiger partial charge on any atom is 0.127 e. The molecule has 1 aliphatic heterocycles. The van der Waals surface area contributed by atoms with Gasteiger partial charge in [0.15, 0.2) is 0 Å². The zero-order valence-electron chi connectivity index (χ0n) is 7.08. The Labute approximate surface area is 71.8 Å². The first kappa shape index (κ1) is 6.52. The SMILES string of the molecule is c1nn(C2CC2)c2c1CCCN2. The molecule has 0 saturated heterocycles. The molecule has 3 nitrogen and oxygen atoms in total. The summed E-state index contributed by atoms with van der Waals surface area (Å²) in [5.74, 6) is 1.30. The van der Waals surface area contributed by atoms with Crippen LogP contribution in [-0.4, -0.2) is 16.3 Å². The summed E-state index contributed by atoms with van der Waals surface area (Å²) in [7, 11) is 0. The quantitative estimate of drug-likeness (QED) is 0.681. The first-order chi connectivity index (χ1) is 5.95. The number of anilines is 1. The molecular formula is C9H13N3. The first-order valence-electron chi connectivity index (χ1n) is 4.75. The van der Waals surface area contributed by atoms with E-state index in [0.717, 1.165) is 6.54 Å². The fourth-order valence-corrected chi connectivity index (χ4v) is 1.86. The highest BCUT2D eigenvalue weighted by Crippen LogP contribution is 2.38. The number of hydrogen-bond donors (Lipinski definition) is 1. The molecule has 1 aliphatic carbocycles. The van der Waals surface area contributed by atoms with Gasteiger partial charge >= 0.3 is 0 Å². The maximum atomic E-state index is 4.41. The standard InChI is InChI=1S/C9H13N3/c1-2-7-6-11-12(8-3-4-8)9(7)10-5-1/h6,8,10H,1-5H2. The second kappa shape index (κ2) is 2.25. The fourth-order valence-electron chi connectivity index (χ4n) is 1.86. The van der Waals surface area contributed by atoms with Gasteiger partial charge in [-0.3, -0.25) is 0 Å². The summed E-state index contributed by atoms with van der Waals surface area (Å²) in [6.07, 6.45) is 7.11. The van der Waals surface area contributed by atoms with Crippen molar-refractivity contribution in [2.75, 3.05) is 11.9 Å². The molecule has 0 amide bonds. The Balaban J connectivity index is 2.03. The van der Waals surface area contributed by atoms with Gasteiger partial charge in [0.1, 0.15) is 5.82 Å². The third-order valence-electron chi connectivity index (χ3n) is 2.68. The van der Waals surface area contributed by atoms with Crippen molar-refractivity contribution < 1.29 is 0 Å². The molecule has 0 bridgehead atoms. The number of aryl methyl sites for hydroxylation is 1. The molecule has 1 N–H and O–H groups in total. The van der Waals surface area contributed by atoms with Crippen molar-refractivity contribution in [3.8, 4) is 0 Å². The highest BCUT2D eigenvalue weighted by atomic mass is 15.4. The summed E-state index contributed by atoms with van der Waals surface area (Å²) in [4.78, 5) is 0. The molecular weight excluding hydrogens is 150 g/mol. The summed E-state index contributed by atoms with van der Waals surface area (Å²) in [5.41, 5.74) is 1.41. The lowest BCUT2D eigenvalue weighted by atomic mass is 10.1. The van der Waals surface area contributed by atoms with Crippen LogP contribution in [0.1, 0.15) is 30.9 Å². The lowest BCUT2D eigenvalue weighted by Gasteiger charge is -2.15. The Morgan fingerprint density at radius 3 is 3.25 bits per heavy atom. The minimum absolute atomic E-state index is 0.708. The van der Waals surface area contributed by atoms with Crippen LogP contribution in [0.3, 0.4) is 0 Å². The normalized spacial score (nSPS) is 21.7. The van der Waals surface area contributed by atoms with Gasteiger partial charge in [0.25, 0.3) is 0 Å². The minimum atomic E-state index is 0.708. The van der Waals surface area contributed by atoms with Crippen molar-refractivity contribution in [2.24, 2.45) is 0 Å². The monoisotopic (exact) mass is 163 g/mol. The van der Waals surface area contributed by atoms with E-state index in [2.05, 4.69) is 15.1 Å². The molecule has 0 atom stereocenters. The van der Waals surface area contributed by atoms with Crippen LogP contribution in [0.2, 0.25) is 0 Å². The average molecular weight is 163 g/mol. The van der Waals surface area contributed by atoms with E-state index >= 15 is 0 Å². The summed E-state index contributed by atoms with van der Waals surface area (Å²) in [6, 6.07) is 0.708. The molecule has 1 fully saturated rings. The Morgan fingerprint density at radius 1 is 1.50 bits per heavy atom. The topological polar surface area (TPSA) is 29.9 Å². The molecule has 1 aromatic rings. The zero-order chi connectivity index (χ0) is 7.97. The van der Waals surface area contributed by atoms with E-state index in [4.69, 9.17) is 0 Å². The molecule has 0 unspecified atom stereocenters. The largest absolute Gasteiger partial charge is 0.370 e. The van der Waals surface area contributed by atoms with Gasteiger partial charge in [-0.15, -0.1) is 0 Å². The minimum Gasteiger partial charge on any atom is -0.370 e. The van der Waals surface area contributed by atoms with E-state index in [9.17, 15) is 0 Å². The van der Waals surface area contributed by atoms with Crippen LogP contribution in [0.15, 0.2) is 6.20 Å². The molecule has 64 valence electrons. The van der Waals surface area contributed by atoms with E-state index in [0.29, 0.717) is 6.04 Å². The molecule has 3 heteroatoms. The Hall–Kier alpha value is -0.990.